The van der Waals surface area contributed by atoms with Crippen LogP contribution in [0.15, 0.2) is 82.8 Å². The SMILES string of the molecule is C=C/C=C(\C=C/C)C(/C/C(C)=C/C)=C(/C)C(C)/C(F)=C\C(C)=C/CC. The zero-order valence-corrected chi connectivity index (χ0v) is 17.1. The van der Waals surface area contributed by atoms with Gasteiger partial charge in [0, 0.05) is 5.92 Å². The molecule has 0 bridgehead atoms. The van der Waals surface area contributed by atoms with Crippen LogP contribution in [0.5, 0.6) is 0 Å². The van der Waals surface area contributed by atoms with Crippen LogP contribution < -0.4 is 0 Å². The number of hydrogen-bond donors (Lipinski definition) is 0. The second-order valence-electron chi connectivity index (χ2n) is 6.44. The van der Waals surface area contributed by atoms with Crippen LogP contribution in [0, 0.1) is 5.92 Å². The molecule has 0 amide bonds. The van der Waals surface area contributed by atoms with Crippen molar-refractivity contribution in [1.29, 1.82) is 0 Å². The Morgan fingerprint density at radius 2 is 1.80 bits per heavy atom. The zero-order chi connectivity index (χ0) is 19.4. The number of allylic oxidation sites excluding steroid dienone is 13. The first-order valence-corrected chi connectivity index (χ1v) is 9.13. The van der Waals surface area contributed by atoms with Crippen molar-refractivity contribution in [2.75, 3.05) is 0 Å². The quantitative estimate of drug-likeness (QED) is 0.292. The molecule has 0 aromatic heterocycles. The van der Waals surface area contributed by atoms with E-state index in [0.717, 1.165) is 29.6 Å². The molecule has 0 saturated heterocycles. The van der Waals surface area contributed by atoms with Gasteiger partial charge < -0.3 is 0 Å². The number of hydrogen-bond acceptors (Lipinski definition) is 0. The highest BCUT2D eigenvalue weighted by Crippen LogP contribution is 2.32. The monoisotopic (exact) mass is 342 g/mol. The van der Waals surface area contributed by atoms with Gasteiger partial charge in [-0.15, -0.1) is 0 Å². The molecule has 0 spiro atoms. The lowest BCUT2D eigenvalue weighted by Gasteiger charge is -2.19. The molecule has 0 radical (unpaired) electrons. The van der Waals surface area contributed by atoms with Crippen molar-refractivity contribution in [2.24, 2.45) is 5.92 Å². The molecule has 0 N–H and O–H groups in total. The van der Waals surface area contributed by atoms with Crippen LogP contribution in [-0.4, -0.2) is 0 Å². The van der Waals surface area contributed by atoms with E-state index in [9.17, 15) is 4.39 Å². The fourth-order valence-corrected chi connectivity index (χ4v) is 2.60. The Hall–Kier alpha value is -1.89. The number of rotatable bonds is 9. The maximum absolute atomic E-state index is 14.7. The Labute approximate surface area is 154 Å². The van der Waals surface area contributed by atoms with E-state index in [1.54, 1.807) is 12.2 Å². The molecule has 0 aliphatic carbocycles. The molecule has 0 aliphatic rings. The maximum Gasteiger partial charge on any atom is 0.107 e. The van der Waals surface area contributed by atoms with E-state index in [-0.39, 0.29) is 11.7 Å². The third-order valence-corrected chi connectivity index (χ3v) is 4.37. The number of halogens is 1. The van der Waals surface area contributed by atoms with Gasteiger partial charge in [-0.2, -0.15) is 0 Å². The topological polar surface area (TPSA) is 0 Å². The van der Waals surface area contributed by atoms with Crippen molar-refractivity contribution < 1.29 is 4.39 Å². The van der Waals surface area contributed by atoms with E-state index in [1.807, 2.05) is 52.8 Å². The average molecular weight is 343 g/mol. The Morgan fingerprint density at radius 3 is 2.28 bits per heavy atom. The molecule has 1 unspecified atom stereocenters. The van der Waals surface area contributed by atoms with Gasteiger partial charge in [0.15, 0.2) is 0 Å². The maximum atomic E-state index is 14.7. The smallest absolute Gasteiger partial charge is 0.107 e. The minimum atomic E-state index is -0.252. The summed E-state index contributed by atoms with van der Waals surface area (Å²) in [5.74, 6) is -0.341. The molecule has 0 rings (SSSR count). The lowest BCUT2D eigenvalue weighted by molar-refractivity contribution is 0.530. The van der Waals surface area contributed by atoms with E-state index >= 15 is 0 Å². The van der Waals surface area contributed by atoms with Crippen molar-refractivity contribution >= 4 is 0 Å². The summed E-state index contributed by atoms with van der Waals surface area (Å²) in [5, 5.41) is 0. The third kappa shape index (κ3) is 8.16. The lowest BCUT2D eigenvalue weighted by atomic mass is 9.87. The van der Waals surface area contributed by atoms with Gasteiger partial charge in [0.2, 0.25) is 0 Å². The summed E-state index contributed by atoms with van der Waals surface area (Å²) in [6.45, 7) is 18.0. The standard InChI is InChI=1S/C24H35F/c1-9-13-19(6)17-24(25)21(8)20(7)23(16-18(5)12-4)22(14-10-2)15-11-3/h10-15,17,21H,2,9,16H2,1,3-8H3/b15-11-,18-12+,19-13-,22-14+,23-20-,24-17+. The van der Waals surface area contributed by atoms with Crippen LogP contribution >= 0.6 is 0 Å². The van der Waals surface area contributed by atoms with E-state index < -0.39 is 0 Å². The second kappa shape index (κ2) is 12.5. The molecule has 0 fully saturated rings. The Bertz CT molecular complexity index is 618. The van der Waals surface area contributed by atoms with Gasteiger partial charge >= 0.3 is 0 Å². The van der Waals surface area contributed by atoms with Gasteiger partial charge in [-0.3, -0.25) is 0 Å². The summed E-state index contributed by atoms with van der Waals surface area (Å²) < 4.78 is 14.7. The zero-order valence-electron chi connectivity index (χ0n) is 17.1. The van der Waals surface area contributed by atoms with Crippen molar-refractivity contribution in [3.63, 3.8) is 0 Å². The van der Waals surface area contributed by atoms with Gasteiger partial charge in [0.25, 0.3) is 0 Å². The lowest BCUT2D eigenvalue weighted by Crippen LogP contribution is -2.04. The van der Waals surface area contributed by atoms with Gasteiger partial charge in [-0.05, 0) is 64.7 Å². The molecular formula is C24H35F. The fraction of sp³-hybridized carbons (Fsp3) is 0.417. The van der Waals surface area contributed by atoms with E-state index in [1.165, 1.54) is 11.1 Å². The van der Waals surface area contributed by atoms with E-state index in [0.29, 0.717) is 0 Å². The second-order valence-corrected chi connectivity index (χ2v) is 6.44. The molecule has 0 aromatic carbocycles. The third-order valence-electron chi connectivity index (χ3n) is 4.37. The van der Waals surface area contributed by atoms with Gasteiger partial charge in [0.05, 0.1) is 0 Å². The molecule has 1 heteroatoms. The normalized spacial score (nSPS) is 17.0. The van der Waals surface area contributed by atoms with Crippen LogP contribution in [0.25, 0.3) is 0 Å². The van der Waals surface area contributed by atoms with Crippen molar-refractivity contribution in [2.45, 2.75) is 61.3 Å². The van der Waals surface area contributed by atoms with Crippen LogP contribution in [-0.2, 0) is 0 Å². The van der Waals surface area contributed by atoms with Crippen LogP contribution in [0.1, 0.15) is 61.3 Å². The minimum Gasteiger partial charge on any atom is -0.211 e. The summed E-state index contributed by atoms with van der Waals surface area (Å²) in [6, 6.07) is 0. The molecular weight excluding hydrogens is 307 g/mol. The molecule has 1 atom stereocenters. The highest BCUT2D eigenvalue weighted by atomic mass is 19.1. The first-order valence-electron chi connectivity index (χ1n) is 9.13. The molecule has 25 heavy (non-hydrogen) atoms. The summed E-state index contributed by atoms with van der Waals surface area (Å²) in [4.78, 5) is 0. The summed E-state index contributed by atoms with van der Waals surface area (Å²) in [7, 11) is 0. The highest BCUT2D eigenvalue weighted by molar-refractivity contribution is 5.47. The Kier molecular flexibility index (Phi) is 11.5. The molecule has 0 saturated carbocycles. The highest BCUT2D eigenvalue weighted by Gasteiger charge is 2.16. The van der Waals surface area contributed by atoms with Gasteiger partial charge in [-0.1, -0.05) is 73.6 Å². The fourth-order valence-electron chi connectivity index (χ4n) is 2.60. The van der Waals surface area contributed by atoms with Gasteiger partial charge in [0.1, 0.15) is 5.83 Å². The summed E-state index contributed by atoms with van der Waals surface area (Å²) in [6.07, 6.45) is 15.4. The minimum absolute atomic E-state index is 0.0891. The predicted molar refractivity (Wildman–Crippen MR) is 112 cm³/mol. The van der Waals surface area contributed by atoms with E-state index in [4.69, 9.17) is 0 Å². The Balaban J connectivity index is 6.13. The summed E-state index contributed by atoms with van der Waals surface area (Å²) in [5.41, 5.74) is 5.57. The van der Waals surface area contributed by atoms with Crippen LogP contribution in [0.2, 0.25) is 0 Å². The van der Waals surface area contributed by atoms with E-state index in [2.05, 4.69) is 32.6 Å². The summed E-state index contributed by atoms with van der Waals surface area (Å²) >= 11 is 0. The first kappa shape index (κ1) is 23.1. The van der Waals surface area contributed by atoms with Crippen molar-refractivity contribution in [1.82, 2.24) is 0 Å². The first-order chi connectivity index (χ1) is 11.8. The van der Waals surface area contributed by atoms with Crippen molar-refractivity contribution in [3.05, 3.63) is 82.8 Å². The molecule has 0 nitrogen and oxygen atoms in total. The molecule has 0 heterocycles. The molecule has 0 aromatic rings. The van der Waals surface area contributed by atoms with Crippen LogP contribution in [0.4, 0.5) is 4.39 Å². The average Bonchev–Trinajstić information content (AvgIpc) is 2.58. The van der Waals surface area contributed by atoms with Crippen LogP contribution in [0.3, 0.4) is 0 Å². The predicted octanol–water partition coefficient (Wildman–Crippen LogP) is 8.19. The molecule has 138 valence electrons. The largest absolute Gasteiger partial charge is 0.211 e. The van der Waals surface area contributed by atoms with Crippen molar-refractivity contribution in [3.8, 4) is 0 Å². The Morgan fingerprint density at radius 1 is 1.16 bits per heavy atom. The molecule has 0 aliphatic heterocycles. The van der Waals surface area contributed by atoms with Gasteiger partial charge in [-0.25, -0.2) is 4.39 Å².